The Kier molecular flexibility index (Phi) is 8.49. The van der Waals surface area contributed by atoms with E-state index in [-0.39, 0.29) is 25.7 Å². The van der Waals surface area contributed by atoms with Crippen LogP contribution in [0.1, 0.15) is 42.0 Å². The molecule has 0 atom stereocenters. The smallest absolute Gasteiger partial charge is 0.296 e. The highest BCUT2D eigenvalue weighted by Gasteiger charge is 2.25. The van der Waals surface area contributed by atoms with Crippen LogP contribution in [0.5, 0.6) is 0 Å². The van der Waals surface area contributed by atoms with E-state index in [9.17, 15) is 13.2 Å². The Morgan fingerprint density at radius 2 is 1.86 bits per heavy atom. The van der Waals surface area contributed by atoms with Crippen molar-refractivity contribution in [3.63, 3.8) is 0 Å². The number of hydrogen-bond donors (Lipinski definition) is 1. The molecule has 0 saturated heterocycles. The molecule has 1 aromatic rings. The highest BCUT2D eigenvalue weighted by molar-refractivity contribution is 7.86. The largest absolute Gasteiger partial charge is 0.326 e. The molecule has 0 unspecified atom stereocenters. The van der Waals surface area contributed by atoms with Crippen molar-refractivity contribution >= 4 is 21.7 Å². The Balaban J connectivity index is 0. The minimum atomic E-state index is -3.75. The van der Waals surface area contributed by atoms with Gasteiger partial charge in [-0.05, 0) is 24.6 Å². The predicted molar refractivity (Wildman–Crippen MR) is 86.8 cm³/mol. The molecule has 21 heavy (non-hydrogen) atoms. The van der Waals surface area contributed by atoms with Crippen LogP contribution in [0, 0.1) is 5.41 Å². The van der Waals surface area contributed by atoms with E-state index in [0.29, 0.717) is 12.1 Å². The van der Waals surface area contributed by atoms with Crippen LogP contribution in [0.2, 0.25) is 0 Å². The second-order valence-corrected chi connectivity index (χ2v) is 6.55. The zero-order chi connectivity index (χ0) is 14.7. The van der Waals surface area contributed by atoms with Gasteiger partial charge in [0.2, 0.25) is 5.91 Å². The van der Waals surface area contributed by atoms with Crippen molar-refractivity contribution in [2.45, 2.75) is 46.9 Å². The summed E-state index contributed by atoms with van der Waals surface area (Å²) in [6.45, 7) is 5.58. The van der Waals surface area contributed by atoms with Crippen LogP contribution in [0.15, 0.2) is 29.2 Å². The maximum absolute atomic E-state index is 12.0. The second-order valence-electron chi connectivity index (χ2n) is 4.84. The van der Waals surface area contributed by atoms with Gasteiger partial charge in [-0.25, -0.2) is 0 Å². The first kappa shape index (κ1) is 21.9. The summed E-state index contributed by atoms with van der Waals surface area (Å²) in [6, 6.07) is 5.99. The molecule has 122 valence electrons. The molecule has 0 saturated carbocycles. The van der Waals surface area contributed by atoms with Crippen LogP contribution in [-0.2, 0) is 19.1 Å². The van der Waals surface area contributed by atoms with Crippen molar-refractivity contribution in [3.8, 4) is 0 Å². The molecule has 1 aromatic carbocycles. The van der Waals surface area contributed by atoms with E-state index >= 15 is 0 Å². The Labute approximate surface area is 128 Å². The molecule has 0 aliphatic carbocycles. The molecule has 0 fully saturated rings. The van der Waals surface area contributed by atoms with Gasteiger partial charge in [-0.1, -0.05) is 41.7 Å². The van der Waals surface area contributed by atoms with Gasteiger partial charge >= 0.3 is 0 Å². The molecule has 1 N–H and O–H groups in total. The topological polar surface area (TPSA) is 72.5 Å². The quantitative estimate of drug-likeness (QED) is 0.841. The SMILES string of the molecule is C.C.CCC(C)(C)C(=O)Nc1cccc(S(=O)(=O)OC)c1. The molecule has 0 radical (unpaired) electrons. The zero-order valence-electron chi connectivity index (χ0n) is 11.6. The minimum absolute atomic E-state index is 0. The van der Waals surface area contributed by atoms with Gasteiger partial charge in [0.15, 0.2) is 0 Å². The van der Waals surface area contributed by atoms with E-state index < -0.39 is 15.5 Å². The molecule has 0 heterocycles. The van der Waals surface area contributed by atoms with E-state index in [0.717, 1.165) is 7.11 Å². The number of anilines is 1. The number of hydrogen-bond acceptors (Lipinski definition) is 4. The van der Waals surface area contributed by atoms with Gasteiger partial charge in [-0.3, -0.25) is 8.98 Å². The van der Waals surface area contributed by atoms with Crippen molar-refractivity contribution in [3.05, 3.63) is 24.3 Å². The molecule has 6 heteroatoms. The van der Waals surface area contributed by atoms with Gasteiger partial charge in [-0.15, -0.1) is 0 Å². The van der Waals surface area contributed by atoms with Crippen LogP contribution >= 0.6 is 0 Å². The van der Waals surface area contributed by atoms with Gasteiger partial charge in [0.1, 0.15) is 0 Å². The van der Waals surface area contributed by atoms with Crippen molar-refractivity contribution in [1.82, 2.24) is 0 Å². The van der Waals surface area contributed by atoms with E-state index in [1.54, 1.807) is 12.1 Å². The summed E-state index contributed by atoms with van der Waals surface area (Å²) in [6.07, 6.45) is 0.689. The highest BCUT2D eigenvalue weighted by Crippen LogP contribution is 2.23. The summed E-state index contributed by atoms with van der Waals surface area (Å²) in [5, 5.41) is 2.71. The van der Waals surface area contributed by atoms with Gasteiger partial charge in [0, 0.05) is 11.1 Å². The van der Waals surface area contributed by atoms with Crippen molar-refractivity contribution in [2.75, 3.05) is 12.4 Å². The lowest BCUT2D eigenvalue weighted by molar-refractivity contribution is -0.124. The van der Waals surface area contributed by atoms with Crippen molar-refractivity contribution < 1.29 is 17.4 Å². The predicted octanol–water partition coefficient (Wildman–Crippen LogP) is 3.67. The number of nitrogens with one attached hydrogen (secondary N) is 1. The van der Waals surface area contributed by atoms with Crippen molar-refractivity contribution in [1.29, 1.82) is 0 Å². The molecular formula is C15H27NO4S. The van der Waals surface area contributed by atoms with Gasteiger partial charge < -0.3 is 5.32 Å². The first-order chi connectivity index (χ1) is 8.73. The summed E-state index contributed by atoms with van der Waals surface area (Å²) in [5.74, 6) is -0.151. The maximum atomic E-state index is 12.0. The Morgan fingerprint density at radius 3 is 2.33 bits per heavy atom. The molecule has 0 bridgehead atoms. The summed E-state index contributed by atoms with van der Waals surface area (Å²) in [4.78, 5) is 12.0. The monoisotopic (exact) mass is 317 g/mol. The Hall–Kier alpha value is -1.40. The summed E-state index contributed by atoms with van der Waals surface area (Å²) < 4.78 is 27.5. The standard InChI is InChI=1S/C13H19NO4S.2CH4/c1-5-13(2,3)12(15)14-10-7-6-8-11(9-10)19(16,17)18-4;;/h6-9H,5H2,1-4H3,(H,14,15);2*1H4. The fourth-order valence-corrected chi connectivity index (χ4v) is 2.00. The van der Waals surface area contributed by atoms with Crippen LogP contribution in [-0.4, -0.2) is 21.4 Å². The molecule has 1 amide bonds. The number of carbonyl (C=O) groups is 1. The minimum Gasteiger partial charge on any atom is -0.326 e. The van der Waals surface area contributed by atoms with Crippen molar-refractivity contribution in [2.24, 2.45) is 5.41 Å². The third-order valence-corrected chi connectivity index (χ3v) is 4.37. The van der Waals surface area contributed by atoms with Crippen LogP contribution < -0.4 is 5.32 Å². The van der Waals surface area contributed by atoms with Gasteiger partial charge in [0.25, 0.3) is 10.1 Å². The fourth-order valence-electron chi connectivity index (χ4n) is 1.29. The van der Waals surface area contributed by atoms with E-state index in [1.165, 1.54) is 12.1 Å². The van der Waals surface area contributed by atoms with Crippen LogP contribution in [0.4, 0.5) is 5.69 Å². The normalized spacial score (nSPS) is 11.0. The summed E-state index contributed by atoms with van der Waals surface area (Å²) >= 11 is 0. The third-order valence-electron chi connectivity index (χ3n) is 3.10. The summed E-state index contributed by atoms with van der Waals surface area (Å²) in [7, 11) is -2.65. The van der Waals surface area contributed by atoms with Gasteiger partial charge in [-0.2, -0.15) is 8.42 Å². The highest BCUT2D eigenvalue weighted by atomic mass is 32.2. The molecular weight excluding hydrogens is 290 g/mol. The number of rotatable bonds is 5. The lowest BCUT2D eigenvalue weighted by Crippen LogP contribution is -2.30. The lowest BCUT2D eigenvalue weighted by atomic mass is 9.89. The molecule has 1 rings (SSSR count). The summed E-state index contributed by atoms with van der Waals surface area (Å²) in [5.41, 5.74) is -0.0690. The lowest BCUT2D eigenvalue weighted by Gasteiger charge is -2.21. The fraction of sp³-hybridized carbons (Fsp3) is 0.533. The third kappa shape index (κ3) is 5.47. The number of carbonyl (C=O) groups excluding carboxylic acids is 1. The second kappa shape index (κ2) is 8.14. The maximum Gasteiger partial charge on any atom is 0.296 e. The van der Waals surface area contributed by atoms with Crippen LogP contribution in [0.25, 0.3) is 0 Å². The van der Waals surface area contributed by atoms with E-state index in [2.05, 4.69) is 9.50 Å². The van der Waals surface area contributed by atoms with E-state index in [1.807, 2.05) is 20.8 Å². The molecule has 0 aliphatic rings. The molecule has 5 nitrogen and oxygen atoms in total. The van der Waals surface area contributed by atoms with Gasteiger partial charge in [0.05, 0.1) is 12.0 Å². The first-order valence-electron chi connectivity index (χ1n) is 5.95. The van der Waals surface area contributed by atoms with Crippen LogP contribution in [0.3, 0.4) is 0 Å². The Bertz CT molecular complexity index is 565. The average molecular weight is 317 g/mol. The molecule has 0 aromatic heterocycles. The van der Waals surface area contributed by atoms with E-state index in [4.69, 9.17) is 0 Å². The zero-order valence-corrected chi connectivity index (χ0v) is 12.4. The average Bonchev–Trinajstić information content (AvgIpc) is 2.39. The number of benzene rings is 1. The Morgan fingerprint density at radius 1 is 1.29 bits per heavy atom. The number of amides is 1. The first-order valence-corrected chi connectivity index (χ1v) is 7.36. The molecule has 0 aliphatic heterocycles. The molecule has 0 spiro atoms.